The molecule has 1 rings (SSSR count). The van der Waals surface area contributed by atoms with Gasteiger partial charge >= 0.3 is 0 Å². The molecule has 0 aromatic rings. The van der Waals surface area contributed by atoms with Crippen molar-refractivity contribution in [2.24, 2.45) is 11.0 Å². The summed E-state index contributed by atoms with van der Waals surface area (Å²) in [5.41, 5.74) is 8.12. The minimum absolute atomic E-state index is 0.0732. The molecule has 1 amide bonds. The molecular weight excluding hydrogens is 196 g/mol. The third-order valence-electron chi connectivity index (χ3n) is 2.54. The fraction of sp³-hybridized carbons (Fsp3) is 0.889. The molecular formula is C9H16N4O2. The van der Waals surface area contributed by atoms with Gasteiger partial charge in [0.2, 0.25) is 5.91 Å². The minimum atomic E-state index is -0.0893. The molecule has 84 valence electrons. The van der Waals surface area contributed by atoms with E-state index in [0.29, 0.717) is 19.1 Å². The topological polar surface area (TPSA) is 78.3 Å². The van der Waals surface area contributed by atoms with Crippen molar-refractivity contribution in [2.75, 3.05) is 33.4 Å². The van der Waals surface area contributed by atoms with Gasteiger partial charge in [0.25, 0.3) is 0 Å². The zero-order chi connectivity index (χ0) is 11.1. The van der Waals surface area contributed by atoms with Gasteiger partial charge in [0.05, 0.1) is 6.61 Å². The van der Waals surface area contributed by atoms with Crippen molar-refractivity contribution in [1.29, 1.82) is 0 Å². The Kier molecular flexibility index (Phi) is 4.93. The van der Waals surface area contributed by atoms with Crippen LogP contribution in [0.5, 0.6) is 0 Å². The fourth-order valence-corrected chi connectivity index (χ4v) is 1.86. The molecule has 0 radical (unpaired) electrons. The maximum Gasteiger partial charge on any atom is 0.228 e. The second kappa shape index (κ2) is 6.27. The Labute approximate surface area is 88.8 Å². The Balaban J connectivity index is 2.40. The molecule has 0 bridgehead atoms. The number of piperidine rings is 1. The molecule has 1 fully saturated rings. The largest absolute Gasteiger partial charge is 0.384 e. The standard InChI is InChI=1S/C9H16N4O2/c1-15-7-8-3-2-4-13(6-8)9(14)5-11-12-10/h8H,2-7H2,1H3. The molecule has 1 aliphatic rings. The molecule has 1 aliphatic heterocycles. The molecule has 6 nitrogen and oxygen atoms in total. The van der Waals surface area contributed by atoms with E-state index in [1.165, 1.54) is 0 Å². The average molecular weight is 212 g/mol. The van der Waals surface area contributed by atoms with E-state index in [-0.39, 0.29) is 12.5 Å². The molecule has 6 heteroatoms. The summed E-state index contributed by atoms with van der Waals surface area (Å²) >= 11 is 0. The predicted octanol–water partition coefficient (Wildman–Crippen LogP) is 1.18. The molecule has 1 saturated heterocycles. The number of amides is 1. The van der Waals surface area contributed by atoms with Crippen molar-refractivity contribution in [3.63, 3.8) is 0 Å². The smallest absolute Gasteiger partial charge is 0.228 e. The Hall–Kier alpha value is -1.26. The molecule has 0 N–H and O–H groups in total. The van der Waals surface area contributed by atoms with Gasteiger partial charge in [-0.25, -0.2) is 0 Å². The summed E-state index contributed by atoms with van der Waals surface area (Å²) < 4.78 is 5.07. The van der Waals surface area contributed by atoms with Crippen LogP contribution >= 0.6 is 0 Å². The van der Waals surface area contributed by atoms with Crippen LogP contribution in [0.3, 0.4) is 0 Å². The number of azide groups is 1. The van der Waals surface area contributed by atoms with Gasteiger partial charge in [-0.3, -0.25) is 4.79 Å². The lowest BCUT2D eigenvalue weighted by molar-refractivity contribution is -0.131. The molecule has 0 saturated carbocycles. The number of likely N-dealkylation sites (tertiary alicyclic amines) is 1. The molecule has 1 heterocycles. The first-order chi connectivity index (χ1) is 7.27. The number of carbonyl (C=O) groups is 1. The normalized spacial score (nSPS) is 20.9. The highest BCUT2D eigenvalue weighted by molar-refractivity contribution is 5.78. The summed E-state index contributed by atoms with van der Waals surface area (Å²) in [6.07, 6.45) is 2.09. The second-order valence-electron chi connectivity index (χ2n) is 3.69. The Bertz CT molecular complexity index is 261. The van der Waals surface area contributed by atoms with E-state index < -0.39 is 0 Å². The van der Waals surface area contributed by atoms with Crippen molar-refractivity contribution in [2.45, 2.75) is 12.8 Å². The van der Waals surface area contributed by atoms with Crippen LogP contribution in [0.2, 0.25) is 0 Å². The first-order valence-corrected chi connectivity index (χ1v) is 5.05. The van der Waals surface area contributed by atoms with Crippen molar-refractivity contribution >= 4 is 5.91 Å². The van der Waals surface area contributed by atoms with E-state index >= 15 is 0 Å². The number of carbonyl (C=O) groups excluding carboxylic acids is 1. The van der Waals surface area contributed by atoms with Crippen molar-refractivity contribution in [3.8, 4) is 0 Å². The SMILES string of the molecule is COCC1CCCN(C(=O)CN=[N+]=[N-])C1. The number of hydrogen-bond donors (Lipinski definition) is 0. The van der Waals surface area contributed by atoms with E-state index in [1.807, 2.05) is 0 Å². The van der Waals surface area contributed by atoms with Gasteiger partial charge in [-0.15, -0.1) is 0 Å². The van der Waals surface area contributed by atoms with Crippen molar-refractivity contribution in [1.82, 2.24) is 4.90 Å². The van der Waals surface area contributed by atoms with Crippen LogP contribution < -0.4 is 0 Å². The summed E-state index contributed by atoms with van der Waals surface area (Å²) in [5, 5.41) is 3.28. The Morgan fingerprint density at radius 3 is 3.20 bits per heavy atom. The van der Waals surface area contributed by atoms with Crippen LogP contribution in [0.25, 0.3) is 10.4 Å². The lowest BCUT2D eigenvalue weighted by atomic mass is 9.99. The molecule has 15 heavy (non-hydrogen) atoms. The third-order valence-corrected chi connectivity index (χ3v) is 2.54. The Morgan fingerprint density at radius 2 is 2.53 bits per heavy atom. The van der Waals surface area contributed by atoms with Crippen molar-refractivity contribution in [3.05, 3.63) is 10.4 Å². The number of ether oxygens (including phenoxy) is 1. The predicted molar refractivity (Wildman–Crippen MR) is 55.2 cm³/mol. The molecule has 1 atom stereocenters. The second-order valence-corrected chi connectivity index (χ2v) is 3.69. The van der Waals surface area contributed by atoms with Gasteiger partial charge in [-0.2, -0.15) is 0 Å². The van der Waals surface area contributed by atoms with Gasteiger partial charge in [0.15, 0.2) is 0 Å². The highest BCUT2D eigenvalue weighted by Gasteiger charge is 2.22. The molecule has 1 unspecified atom stereocenters. The molecule has 0 spiro atoms. The number of hydrogen-bond acceptors (Lipinski definition) is 3. The van der Waals surface area contributed by atoms with Crippen LogP contribution in [0.15, 0.2) is 5.11 Å². The summed E-state index contributed by atoms with van der Waals surface area (Å²) in [4.78, 5) is 15.9. The van der Waals surface area contributed by atoms with Gasteiger partial charge < -0.3 is 9.64 Å². The minimum Gasteiger partial charge on any atom is -0.384 e. The monoisotopic (exact) mass is 212 g/mol. The summed E-state index contributed by atoms with van der Waals surface area (Å²) in [6.45, 7) is 2.09. The van der Waals surface area contributed by atoms with Crippen LogP contribution in [0, 0.1) is 5.92 Å². The Morgan fingerprint density at radius 1 is 1.73 bits per heavy atom. The first kappa shape index (κ1) is 11.8. The highest BCUT2D eigenvalue weighted by atomic mass is 16.5. The van der Waals surface area contributed by atoms with E-state index in [9.17, 15) is 4.79 Å². The van der Waals surface area contributed by atoms with Crippen LogP contribution in [0.1, 0.15) is 12.8 Å². The summed E-state index contributed by atoms with van der Waals surface area (Å²) in [7, 11) is 1.67. The lowest BCUT2D eigenvalue weighted by Crippen LogP contribution is -2.42. The van der Waals surface area contributed by atoms with E-state index in [2.05, 4.69) is 10.0 Å². The van der Waals surface area contributed by atoms with Crippen LogP contribution in [-0.2, 0) is 9.53 Å². The quantitative estimate of drug-likeness (QED) is 0.398. The van der Waals surface area contributed by atoms with E-state index in [1.54, 1.807) is 12.0 Å². The van der Waals surface area contributed by atoms with Gasteiger partial charge in [0.1, 0.15) is 6.54 Å². The maximum absolute atomic E-state index is 11.5. The number of rotatable bonds is 4. The number of nitrogens with zero attached hydrogens (tertiary/aromatic N) is 4. The molecule has 0 aromatic carbocycles. The molecule has 0 aromatic heterocycles. The maximum atomic E-state index is 11.5. The van der Waals surface area contributed by atoms with Crippen LogP contribution in [-0.4, -0.2) is 44.2 Å². The third kappa shape index (κ3) is 3.77. The van der Waals surface area contributed by atoms with E-state index in [4.69, 9.17) is 10.3 Å². The zero-order valence-corrected chi connectivity index (χ0v) is 8.93. The van der Waals surface area contributed by atoms with Gasteiger partial charge in [0, 0.05) is 25.1 Å². The van der Waals surface area contributed by atoms with Gasteiger partial charge in [-0.05, 0) is 24.3 Å². The van der Waals surface area contributed by atoms with Crippen LogP contribution in [0.4, 0.5) is 0 Å². The summed E-state index contributed by atoms with van der Waals surface area (Å²) in [5.74, 6) is 0.326. The van der Waals surface area contributed by atoms with Gasteiger partial charge in [-0.1, -0.05) is 5.11 Å². The number of methoxy groups -OCH3 is 1. The zero-order valence-electron chi connectivity index (χ0n) is 8.93. The average Bonchev–Trinajstić information content (AvgIpc) is 2.27. The fourth-order valence-electron chi connectivity index (χ4n) is 1.86. The molecule has 0 aliphatic carbocycles. The van der Waals surface area contributed by atoms with E-state index in [0.717, 1.165) is 19.4 Å². The highest BCUT2D eigenvalue weighted by Crippen LogP contribution is 2.16. The first-order valence-electron chi connectivity index (χ1n) is 5.05. The van der Waals surface area contributed by atoms with Crippen molar-refractivity contribution < 1.29 is 9.53 Å². The summed E-state index contributed by atoms with van der Waals surface area (Å²) in [6, 6.07) is 0. The lowest BCUT2D eigenvalue weighted by Gasteiger charge is -2.32.